The van der Waals surface area contributed by atoms with Crippen LogP contribution >= 0.6 is 0 Å². The van der Waals surface area contributed by atoms with Crippen LogP contribution in [0.3, 0.4) is 0 Å². The van der Waals surface area contributed by atoms with Gasteiger partial charge in [0.05, 0.1) is 17.8 Å². The van der Waals surface area contributed by atoms with Gasteiger partial charge in [-0.2, -0.15) is 13.2 Å². The van der Waals surface area contributed by atoms with Gasteiger partial charge in [-0.15, -0.1) is 0 Å². The first-order valence-electron chi connectivity index (χ1n) is 6.29. The van der Waals surface area contributed by atoms with Crippen molar-refractivity contribution in [1.29, 1.82) is 0 Å². The number of alkyl halides is 3. The van der Waals surface area contributed by atoms with E-state index < -0.39 is 23.6 Å². The molecule has 112 valence electrons. The van der Waals surface area contributed by atoms with E-state index in [0.29, 0.717) is 16.7 Å². The zero-order valence-electron chi connectivity index (χ0n) is 11.5. The third-order valence-corrected chi connectivity index (χ3v) is 3.31. The molecule has 0 bridgehead atoms. The van der Waals surface area contributed by atoms with Gasteiger partial charge in [0.2, 0.25) is 0 Å². The van der Waals surface area contributed by atoms with Crippen LogP contribution in [0.4, 0.5) is 17.6 Å². The summed E-state index contributed by atoms with van der Waals surface area (Å²) in [5.41, 5.74) is 0.667. The number of nitrogens with zero attached hydrogens (tertiary/aromatic N) is 1. The summed E-state index contributed by atoms with van der Waals surface area (Å²) in [5, 5.41) is 2.93. The number of aryl methyl sites for hydroxylation is 1. The van der Waals surface area contributed by atoms with Crippen molar-refractivity contribution in [2.45, 2.75) is 19.1 Å². The number of pyridine rings is 1. The van der Waals surface area contributed by atoms with Crippen molar-refractivity contribution in [3.8, 4) is 0 Å². The standard InChI is InChI=1S/C15H14F4N2/c1-9-7-10(15(17,18)19)3-4-11(9)14(20-2)12-5-6-21-8-13(12)16/h3-8,14,20H,1-2H3. The number of hydrogen-bond acceptors (Lipinski definition) is 2. The van der Waals surface area contributed by atoms with E-state index in [4.69, 9.17) is 0 Å². The lowest BCUT2D eigenvalue weighted by molar-refractivity contribution is -0.137. The van der Waals surface area contributed by atoms with Crippen LogP contribution in [0.25, 0.3) is 0 Å². The van der Waals surface area contributed by atoms with Gasteiger partial charge in [-0.1, -0.05) is 6.07 Å². The van der Waals surface area contributed by atoms with Gasteiger partial charge < -0.3 is 5.32 Å². The largest absolute Gasteiger partial charge is 0.416 e. The zero-order valence-corrected chi connectivity index (χ0v) is 11.5. The van der Waals surface area contributed by atoms with Crippen LogP contribution in [0.1, 0.15) is 28.3 Å². The highest BCUT2D eigenvalue weighted by molar-refractivity contribution is 5.39. The molecule has 0 radical (unpaired) electrons. The maximum Gasteiger partial charge on any atom is 0.416 e. The van der Waals surface area contributed by atoms with Crippen LogP contribution in [0.5, 0.6) is 0 Å². The summed E-state index contributed by atoms with van der Waals surface area (Å²) in [6, 6.07) is 4.42. The van der Waals surface area contributed by atoms with Crippen molar-refractivity contribution in [3.63, 3.8) is 0 Å². The fourth-order valence-electron chi connectivity index (χ4n) is 2.27. The monoisotopic (exact) mass is 298 g/mol. The molecule has 0 amide bonds. The van der Waals surface area contributed by atoms with Gasteiger partial charge >= 0.3 is 6.18 Å². The summed E-state index contributed by atoms with van der Waals surface area (Å²) >= 11 is 0. The average Bonchev–Trinajstić information content (AvgIpc) is 2.42. The quantitative estimate of drug-likeness (QED) is 0.870. The normalized spacial score (nSPS) is 13.2. The second-order valence-corrected chi connectivity index (χ2v) is 4.69. The van der Waals surface area contributed by atoms with Crippen molar-refractivity contribution in [2.75, 3.05) is 7.05 Å². The van der Waals surface area contributed by atoms with E-state index in [1.807, 2.05) is 0 Å². The fraction of sp³-hybridized carbons (Fsp3) is 0.267. The molecule has 0 aliphatic heterocycles. The van der Waals surface area contributed by atoms with Crippen molar-refractivity contribution in [1.82, 2.24) is 10.3 Å². The molecule has 1 N–H and O–H groups in total. The number of benzene rings is 1. The third kappa shape index (κ3) is 3.21. The summed E-state index contributed by atoms with van der Waals surface area (Å²) in [5.74, 6) is -0.504. The van der Waals surface area contributed by atoms with Gasteiger partial charge in [0, 0.05) is 11.8 Å². The van der Waals surface area contributed by atoms with Crippen molar-refractivity contribution >= 4 is 0 Å². The second kappa shape index (κ2) is 5.81. The summed E-state index contributed by atoms with van der Waals surface area (Å²) in [7, 11) is 1.63. The molecule has 1 atom stereocenters. The Labute approximate surface area is 119 Å². The minimum atomic E-state index is -4.39. The molecule has 0 fully saturated rings. The van der Waals surface area contributed by atoms with Gasteiger partial charge in [0.1, 0.15) is 5.82 Å². The molecule has 1 aromatic carbocycles. The summed E-state index contributed by atoms with van der Waals surface area (Å²) < 4.78 is 51.9. The summed E-state index contributed by atoms with van der Waals surface area (Å²) in [6.45, 7) is 1.58. The predicted octanol–water partition coefficient (Wildman–Crippen LogP) is 3.86. The summed E-state index contributed by atoms with van der Waals surface area (Å²) in [4.78, 5) is 3.67. The van der Waals surface area contributed by atoms with Crippen molar-refractivity contribution in [2.24, 2.45) is 0 Å². The molecule has 0 saturated carbocycles. The maximum atomic E-state index is 13.8. The predicted molar refractivity (Wildman–Crippen MR) is 71.3 cm³/mol. The maximum absolute atomic E-state index is 13.8. The molecular weight excluding hydrogens is 284 g/mol. The Morgan fingerprint density at radius 3 is 2.38 bits per heavy atom. The van der Waals surface area contributed by atoms with Crippen LogP contribution in [-0.2, 0) is 6.18 Å². The van der Waals surface area contributed by atoms with Gasteiger partial charge in [-0.05, 0) is 43.3 Å². The van der Waals surface area contributed by atoms with Crippen LogP contribution in [-0.4, -0.2) is 12.0 Å². The van der Waals surface area contributed by atoms with Gasteiger partial charge in [-0.25, -0.2) is 4.39 Å². The molecular formula is C15H14F4N2. The number of nitrogens with one attached hydrogen (secondary N) is 1. The smallest absolute Gasteiger partial charge is 0.309 e. The number of aromatic nitrogens is 1. The van der Waals surface area contributed by atoms with Gasteiger partial charge in [0.25, 0.3) is 0 Å². The van der Waals surface area contributed by atoms with Gasteiger partial charge in [0.15, 0.2) is 0 Å². The van der Waals surface area contributed by atoms with E-state index in [9.17, 15) is 17.6 Å². The molecule has 2 nitrogen and oxygen atoms in total. The lowest BCUT2D eigenvalue weighted by Crippen LogP contribution is -2.20. The average molecular weight is 298 g/mol. The molecule has 21 heavy (non-hydrogen) atoms. The highest BCUT2D eigenvalue weighted by atomic mass is 19.4. The highest BCUT2D eigenvalue weighted by Crippen LogP contribution is 2.33. The number of rotatable bonds is 3. The van der Waals surface area contributed by atoms with Crippen LogP contribution in [0, 0.1) is 12.7 Å². The Morgan fingerprint density at radius 2 is 1.86 bits per heavy atom. The first kappa shape index (κ1) is 15.4. The summed E-state index contributed by atoms with van der Waals surface area (Å²) in [6.07, 6.45) is -1.86. The molecule has 0 aliphatic carbocycles. The van der Waals surface area contributed by atoms with E-state index in [1.165, 1.54) is 18.3 Å². The highest BCUT2D eigenvalue weighted by Gasteiger charge is 2.31. The molecule has 6 heteroatoms. The van der Waals surface area contributed by atoms with Gasteiger partial charge in [-0.3, -0.25) is 4.98 Å². The van der Waals surface area contributed by atoms with Crippen molar-refractivity contribution in [3.05, 3.63) is 64.7 Å². The lowest BCUT2D eigenvalue weighted by atomic mass is 9.94. The first-order valence-corrected chi connectivity index (χ1v) is 6.29. The SMILES string of the molecule is CNC(c1ccc(C(F)(F)F)cc1C)c1ccncc1F. The minimum Gasteiger partial charge on any atom is -0.309 e. The first-order chi connectivity index (χ1) is 9.84. The van der Waals surface area contributed by atoms with E-state index in [2.05, 4.69) is 10.3 Å². The molecule has 0 saturated heterocycles. The Kier molecular flexibility index (Phi) is 4.27. The number of hydrogen-bond donors (Lipinski definition) is 1. The zero-order chi connectivity index (χ0) is 15.6. The molecule has 0 aliphatic rings. The van der Waals surface area contributed by atoms with E-state index in [1.54, 1.807) is 14.0 Å². The topological polar surface area (TPSA) is 24.9 Å². The van der Waals surface area contributed by atoms with E-state index >= 15 is 0 Å². The molecule has 1 heterocycles. The second-order valence-electron chi connectivity index (χ2n) is 4.69. The third-order valence-electron chi connectivity index (χ3n) is 3.31. The molecule has 2 aromatic rings. The van der Waals surface area contributed by atoms with Crippen LogP contribution in [0.2, 0.25) is 0 Å². The van der Waals surface area contributed by atoms with E-state index in [0.717, 1.165) is 18.3 Å². The Hall–Kier alpha value is -1.95. The lowest BCUT2D eigenvalue weighted by Gasteiger charge is -2.20. The number of halogens is 4. The van der Waals surface area contributed by atoms with E-state index in [-0.39, 0.29) is 0 Å². The van der Waals surface area contributed by atoms with Crippen LogP contribution < -0.4 is 5.32 Å². The Morgan fingerprint density at radius 1 is 1.14 bits per heavy atom. The molecule has 1 unspecified atom stereocenters. The van der Waals surface area contributed by atoms with Crippen molar-refractivity contribution < 1.29 is 17.6 Å². The molecule has 1 aromatic heterocycles. The Bertz CT molecular complexity index is 638. The fourth-order valence-corrected chi connectivity index (χ4v) is 2.27. The van der Waals surface area contributed by atoms with Crippen LogP contribution in [0.15, 0.2) is 36.7 Å². The Balaban J connectivity index is 2.47. The molecule has 0 spiro atoms. The minimum absolute atomic E-state index is 0.343. The molecule has 2 rings (SSSR count).